The summed E-state index contributed by atoms with van der Waals surface area (Å²) in [6, 6.07) is 24.5. The minimum absolute atomic E-state index is 0.665. The van der Waals surface area contributed by atoms with Gasteiger partial charge in [0.25, 0.3) is 0 Å². The van der Waals surface area contributed by atoms with Crippen molar-refractivity contribution in [1.29, 1.82) is 0 Å². The summed E-state index contributed by atoms with van der Waals surface area (Å²) >= 11 is 0. The molecule has 0 aliphatic rings. The lowest BCUT2D eigenvalue weighted by atomic mass is 10.1. The normalized spacial score (nSPS) is 11.4. The van der Waals surface area contributed by atoms with E-state index in [0.29, 0.717) is 5.89 Å². The largest absolute Gasteiger partial charge is 0.436 e. The molecule has 0 fully saturated rings. The van der Waals surface area contributed by atoms with Crippen molar-refractivity contribution >= 4 is 23.3 Å². The van der Waals surface area contributed by atoms with Crippen LogP contribution in [0.3, 0.4) is 0 Å². The van der Waals surface area contributed by atoms with Gasteiger partial charge in [0, 0.05) is 5.56 Å². The van der Waals surface area contributed by atoms with E-state index in [1.807, 2.05) is 55.5 Å². The SMILES string of the molecule is Cc1cccc2oc(-c3ccc(/C=C/c4ccccc4)cc3)nc12. The lowest BCUT2D eigenvalue weighted by Crippen LogP contribution is -1.79. The molecule has 0 spiro atoms. The van der Waals surface area contributed by atoms with E-state index in [4.69, 9.17) is 4.42 Å². The molecule has 24 heavy (non-hydrogen) atoms. The Morgan fingerprint density at radius 1 is 0.750 bits per heavy atom. The number of rotatable bonds is 3. The molecule has 3 aromatic carbocycles. The van der Waals surface area contributed by atoms with Crippen molar-refractivity contribution in [3.05, 3.63) is 89.5 Å². The van der Waals surface area contributed by atoms with E-state index in [1.54, 1.807) is 0 Å². The standard InChI is InChI=1S/C22H17NO/c1-16-6-5-9-20-21(16)23-22(24-20)19-14-12-18(13-15-19)11-10-17-7-3-2-4-8-17/h2-15H,1H3/b11-10+. The summed E-state index contributed by atoms with van der Waals surface area (Å²) in [6.07, 6.45) is 4.22. The number of aromatic nitrogens is 1. The van der Waals surface area contributed by atoms with Gasteiger partial charge in [0.2, 0.25) is 5.89 Å². The Balaban J connectivity index is 1.61. The second-order valence-electron chi connectivity index (χ2n) is 5.81. The van der Waals surface area contributed by atoms with Gasteiger partial charge in [-0.05, 0) is 41.8 Å². The summed E-state index contributed by atoms with van der Waals surface area (Å²) in [5.74, 6) is 0.665. The van der Waals surface area contributed by atoms with Gasteiger partial charge in [-0.2, -0.15) is 0 Å². The fourth-order valence-corrected chi connectivity index (χ4v) is 2.70. The topological polar surface area (TPSA) is 26.0 Å². The first kappa shape index (κ1) is 14.5. The Hall–Kier alpha value is -3.13. The lowest BCUT2D eigenvalue weighted by molar-refractivity contribution is 0.620. The van der Waals surface area contributed by atoms with Gasteiger partial charge in [0.1, 0.15) is 5.52 Å². The van der Waals surface area contributed by atoms with Crippen LogP contribution >= 0.6 is 0 Å². The number of hydrogen-bond acceptors (Lipinski definition) is 2. The molecular weight excluding hydrogens is 294 g/mol. The fourth-order valence-electron chi connectivity index (χ4n) is 2.70. The van der Waals surface area contributed by atoms with Crippen LogP contribution in [0.4, 0.5) is 0 Å². The van der Waals surface area contributed by atoms with Gasteiger partial charge in [-0.15, -0.1) is 0 Å². The second-order valence-corrected chi connectivity index (χ2v) is 5.81. The Morgan fingerprint density at radius 2 is 1.46 bits per heavy atom. The smallest absolute Gasteiger partial charge is 0.227 e. The van der Waals surface area contributed by atoms with Gasteiger partial charge in [0.05, 0.1) is 0 Å². The molecule has 0 unspecified atom stereocenters. The van der Waals surface area contributed by atoms with Gasteiger partial charge in [-0.25, -0.2) is 4.98 Å². The summed E-state index contributed by atoms with van der Waals surface area (Å²) in [5, 5.41) is 0. The van der Waals surface area contributed by atoms with E-state index in [9.17, 15) is 0 Å². The molecule has 4 rings (SSSR count). The minimum Gasteiger partial charge on any atom is -0.436 e. The maximum absolute atomic E-state index is 5.87. The summed E-state index contributed by atoms with van der Waals surface area (Å²) < 4.78 is 5.87. The zero-order chi connectivity index (χ0) is 16.4. The zero-order valence-electron chi connectivity index (χ0n) is 13.4. The lowest BCUT2D eigenvalue weighted by Gasteiger charge is -1.97. The molecule has 4 aromatic rings. The highest BCUT2D eigenvalue weighted by Gasteiger charge is 2.09. The van der Waals surface area contributed by atoms with E-state index in [1.165, 1.54) is 5.56 Å². The molecule has 2 nitrogen and oxygen atoms in total. The van der Waals surface area contributed by atoms with E-state index in [0.717, 1.165) is 27.8 Å². The number of oxazole rings is 1. The first-order chi connectivity index (χ1) is 11.8. The molecule has 0 saturated carbocycles. The fraction of sp³-hybridized carbons (Fsp3) is 0.0455. The average molecular weight is 311 g/mol. The molecule has 1 heterocycles. The van der Waals surface area contributed by atoms with E-state index >= 15 is 0 Å². The van der Waals surface area contributed by atoms with E-state index in [-0.39, 0.29) is 0 Å². The third-order valence-corrected chi connectivity index (χ3v) is 4.05. The van der Waals surface area contributed by atoms with Crippen molar-refractivity contribution in [2.45, 2.75) is 6.92 Å². The maximum atomic E-state index is 5.87. The number of nitrogens with zero attached hydrogens (tertiary/aromatic N) is 1. The number of para-hydroxylation sites is 1. The van der Waals surface area contributed by atoms with Gasteiger partial charge in [0.15, 0.2) is 5.58 Å². The quantitative estimate of drug-likeness (QED) is 0.435. The monoisotopic (exact) mass is 311 g/mol. The number of fused-ring (bicyclic) bond motifs is 1. The Bertz CT molecular complexity index is 995. The van der Waals surface area contributed by atoms with Crippen LogP contribution in [0.2, 0.25) is 0 Å². The molecule has 116 valence electrons. The van der Waals surface area contributed by atoms with Crippen LogP contribution in [-0.2, 0) is 0 Å². The Morgan fingerprint density at radius 3 is 2.17 bits per heavy atom. The second kappa shape index (κ2) is 6.17. The summed E-state index contributed by atoms with van der Waals surface area (Å²) in [4.78, 5) is 4.62. The van der Waals surface area contributed by atoms with Crippen molar-refractivity contribution in [1.82, 2.24) is 4.98 Å². The van der Waals surface area contributed by atoms with Crippen molar-refractivity contribution in [3.8, 4) is 11.5 Å². The first-order valence-corrected chi connectivity index (χ1v) is 7.99. The average Bonchev–Trinajstić information content (AvgIpc) is 3.07. The molecule has 0 aliphatic carbocycles. The van der Waals surface area contributed by atoms with Crippen LogP contribution in [0.1, 0.15) is 16.7 Å². The summed E-state index contributed by atoms with van der Waals surface area (Å²) in [5.41, 5.74) is 6.22. The van der Waals surface area contributed by atoms with Crippen LogP contribution in [0.25, 0.3) is 34.7 Å². The van der Waals surface area contributed by atoms with Gasteiger partial charge in [-0.1, -0.05) is 66.7 Å². The number of hydrogen-bond donors (Lipinski definition) is 0. The maximum Gasteiger partial charge on any atom is 0.227 e. The molecule has 0 saturated heterocycles. The molecule has 0 aliphatic heterocycles. The molecule has 0 N–H and O–H groups in total. The van der Waals surface area contributed by atoms with Crippen LogP contribution in [-0.4, -0.2) is 4.98 Å². The van der Waals surface area contributed by atoms with Gasteiger partial charge < -0.3 is 4.42 Å². The molecule has 0 amide bonds. The number of aryl methyl sites for hydroxylation is 1. The zero-order valence-corrected chi connectivity index (χ0v) is 13.4. The van der Waals surface area contributed by atoms with E-state index in [2.05, 4.69) is 41.4 Å². The Kier molecular flexibility index (Phi) is 3.72. The predicted octanol–water partition coefficient (Wildman–Crippen LogP) is 5.97. The van der Waals surface area contributed by atoms with E-state index < -0.39 is 0 Å². The highest BCUT2D eigenvalue weighted by molar-refractivity contribution is 5.79. The number of benzene rings is 3. The highest BCUT2D eigenvalue weighted by atomic mass is 16.3. The molecule has 1 aromatic heterocycles. The Labute approximate surface area is 141 Å². The first-order valence-electron chi connectivity index (χ1n) is 7.99. The van der Waals surface area contributed by atoms with Crippen LogP contribution < -0.4 is 0 Å². The minimum atomic E-state index is 0.665. The van der Waals surface area contributed by atoms with Gasteiger partial charge in [-0.3, -0.25) is 0 Å². The van der Waals surface area contributed by atoms with Crippen LogP contribution in [0.15, 0.2) is 77.2 Å². The van der Waals surface area contributed by atoms with Crippen molar-refractivity contribution < 1.29 is 4.42 Å². The van der Waals surface area contributed by atoms with Gasteiger partial charge >= 0.3 is 0 Å². The van der Waals surface area contributed by atoms with Crippen molar-refractivity contribution in [2.75, 3.05) is 0 Å². The molecule has 0 radical (unpaired) electrons. The highest BCUT2D eigenvalue weighted by Crippen LogP contribution is 2.26. The van der Waals surface area contributed by atoms with Crippen LogP contribution in [0, 0.1) is 6.92 Å². The van der Waals surface area contributed by atoms with Crippen LogP contribution in [0.5, 0.6) is 0 Å². The summed E-state index contributed by atoms with van der Waals surface area (Å²) in [6.45, 7) is 2.05. The van der Waals surface area contributed by atoms with Crippen molar-refractivity contribution in [2.24, 2.45) is 0 Å². The third kappa shape index (κ3) is 2.86. The van der Waals surface area contributed by atoms with Crippen molar-refractivity contribution in [3.63, 3.8) is 0 Å². The third-order valence-electron chi connectivity index (χ3n) is 4.05. The molecular formula is C22H17NO. The molecule has 0 atom stereocenters. The predicted molar refractivity (Wildman–Crippen MR) is 99.6 cm³/mol. The molecule has 2 heteroatoms. The molecule has 0 bridgehead atoms. The summed E-state index contributed by atoms with van der Waals surface area (Å²) in [7, 11) is 0.